The molecule has 0 aromatic heterocycles. The molecule has 2 rings (SSSR count). The molecular formula is C15H23NO2. The molecule has 0 bridgehead atoms. The number of hydrogen-bond acceptors (Lipinski definition) is 3. The average Bonchev–Trinajstić information content (AvgIpc) is 2.33. The molecule has 1 saturated carbocycles. The van der Waals surface area contributed by atoms with Crippen molar-refractivity contribution in [2.75, 3.05) is 20.3 Å². The third-order valence-electron chi connectivity index (χ3n) is 3.75. The number of benzene rings is 1. The number of aliphatic hydroxyl groups is 1. The maximum absolute atomic E-state index is 9.20. The van der Waals surface area contributed by atoms with Crippen LogP contribution in [0, 0.1) is 6.92 Å². The Balaban J connectivity index is 1.78. The van der Waals surface area contributed by atoms with Gasteiger partial charge in [-0.05, 0) is 31.2 Å². The Hall–Kier alpha value is -0.900. The van der Waals surface area contributed by atoms with Crippen LogP contribution in [-0.4, -0.2) is 37.5 Å². The second-order valence-corrected chi connectivity index (χ2v) is 5.28. The number of methoxy groups -OCH3 is 1. The predicted molar refractivity (Wildman–Crippen MR) is 72.8 cm³/mol. The number of ether oxygens (including phenoxy) is 1. The van der Waals surface area contributed by atoms with Crippen molar-refractivity contribution < 1.29 is 9.84 Å². The number of aliphatic hydroxyl groups excluding tert-OH is 1. The van der Waals surface area contributed by atoms with Crippen molar-refractivity contribution in [3.63, 3.8) is 0 Å². The lowest BCUT2D eigenvalue weighted by molar-refractivity contribution is 0.110. The number of aryl methyl sites for hydroxylation is 1. The normalized spacial score (nSPS) is 24.6. The molecule has 3 nitrogen and oxygen atoms in total. The molecule has 1 aromatic rings. The van der Waals surface area contributed by atoms with Gasteiger partial charge in [-0.25, -0.2) is 0 Å². The predicted octanol–water partition coefficient (Wildman–Crippen LogP) is 1.84. The van der Waals surface area contributed by atoms with Crippen LogP contribution in [0.1, 0.15) is 29.9 Å². The van der Waals surface area contributed by atoms with Gasteiger partial charge >= 0.3 is 0 Å². The fourth-order valence-electron chi connectivity index (χ4n) is 2.55. The monoisotopic (exact) mass is 249 g/mol. The third-order valence-corrected chi connectivity index (χ3v) is 3.75. The summed E-state index contributed by atoms with van der Waals surface area (Å²) in [7, 11) is 1.67. The summed E-state index contributed by atoms with van der Waals surface area (Å²) in [5, 5.41) is 12.6. The summed E-state index contributed by atoms with van der Waals surface area (Å²) in [5.41, 5.74) is 2.75. The summed E-state index contributed by atoms with van der Waals surface area (Å²) in [5.74, 6) is 0.671. The Morgan fingerprint density at radius 2 is 2.00 bits per heavy atom. The minimum absolute atomic E-state index is 0.0685. The van der Waals surface area contributed by atoms with Gasteiger partial charge in [-0.1, -0.05) is 29.8 Å². The SMILES string of the molecule is COCC(CO)NC1CC(c2ccc(C)cc2)C1. The molecule has 0 radical (unpaired) electrons. The Morgan fingerprint density at radius 3 is 2.56 bits per heavy atom. The van der Waals surface area contributed by atoms with Gasteiger partial charge in [-0.15, -0.1) is 0 Å². The van der Waals surface area contributed by atoms with Crippen LogP contribution in [-0.2, 0) is 4.74 Å². The molecule has 1 fully saturated rings. The summed E-state index contributed by atoms with van der Waals surface area (Å²) >= 11 is 0. The summed E-state index contributed by atoms with van der Waals surface area (Å²) in [6.45, 7) is 2.83. The van der Waals surface area contributed by atoms with Crippen LogP contribution in [0.3, 0.4) is 0 Å². The van der Waals surface area contributed by atoms with Crippen molar-refractivity contribution >= 4 is 0 Å². The average molecular weight is 249 g/mol. The Bertz CT molecular complexity index is 357. The van der Waals surface area contributed by atoms with Crippen molar-refractivity contribution in [2.24, 2.45) is 0 Å². The highest BCUT2D eigenvalue weighted by Crippen LogP contribution is 2.37. The summed E-state index contributed by atoms with van der Waals surface area (Å²) in [4.78, 5) is 0. The van der Waals surface area contributed by atoms with Crippen LogP contribution in [0.25, 0.3) is 0 Å². The first-order valence-corrected chi connectivity index (χ1v) is 6.65. The van der Waals surface area contributed by atoms with Gasteiger partial charge in [-0.3, -0.25) is 0 Å². The molecule has 0 heterocycles. The van der Waals surface area contributed by atoms with Crippen LogP contribution < -0.4 is 5.32 Å². The van der Waals surface area contributed by atoms with E-state index in [-0.39, 0.29) is 12.6 Å². The van der Waals surface area contributed by atoms with E-state index < -0.39 is 0 Å². The van der Waals surface area contributed by atoms with E-state index in [9.17, 15) is 5.11 Å². The second-order valence-electron chi connectivity index (χ2n) is 5.28. The van der Waals surface area contributed by atoms with Crippen molar-refractivity contribution in [3.8, 4) is 0 Å². The quantitative estimate of drug-likeness (QED) is 0.808. The topological polar surface area (TPSA) is 41.5 Å². The highest BCUT2D eigenvalue weighted by atomic mass is 16.5. The third kappa shape index (κ3) is 3.31. The maximum atomic E-state index is 9.20. The lowest BCUT2D eigenvalue weighted by Crippen LogP contribution is -2.48. The van der Waals surface area contributed by atoms with Crippen LogP contribution in [0.2, 0.25) is 0 Å². The number of nitrogens with one attached hydrogen (secondary N) is 1. The highest BCUT2D eigenvalue weighted by Gasteiger charge is 2.31. The van der Waals surface area contributed by atoms with Gasteiger partial charge in [0.2, 0.25) is 0 Å². The standard InChI is InChI=1S/C15H23NO2/c1-11-3-5-12(6-4-11)13-7-14(8-13)16-15(9-17)10-18-2/h3-6,13-17H,7-10H2,1-2H3. The van der Waals surface area contributed by atoms with Crippen molar-refractivity contribution in [1.29, 1.82) is 0 Å². The molecule has 1 aliphatic carbocycles. The molecule has 100 valence electrons. The molecule has 1 aliphatic rings. The summed E-state index contributed by atoms with van der Waals surface area (Å²) < 4.78 is 5.07. The zero-order valence-electron chi connectivity index (χ0n) is 11.2. The van der Waals surface area contributed by atoms with Gasteiger partial charge in [0.05, 0.1) is 19.3 Å². The van der Waals surface area contributed by atoms with Crippen LogP contribution in [0.4, 0.5) is 0 Å². The van der Waals surface area contributed by atoms with E-state index in [1.807, 2.05) is 0 Å². The lowest BCUT2D eigenvalue weighted by Gasteiger charge is -2.38. The van der Waals surface area contributed by atoms with Gasteiger partial charge in [-0.2, -0.15) is 0 Å². The number of rotatable bonds is 6. The van der Waals surface area contributed by atoms with Crippen molar-refractivity contribution in [2.45, 2.75) is 37.8 Å². The minimum Gasteiger partial charge on any atom is -0.395 e. The summed E-state index contributed by atoms with van der Waals surface area (Å²) in [6, 6.07) is 9.40. The Morgan fingerprint density at radius 1 is 1.33 bits per heavy atom. The maximum Gasteiger partial charge on any atom is 0.0638 e. The lowest BCUT2D eigenvalue weighted by atomic mass is 9.75. The Kier molecular flexibility index (Phi) is 4.75. The van der Waals surface area contributed by atoms with E-state index >= 15 is 0 Å². The molecule has 1 aromatic carbocycles. The van der Waals surface area contributed by atoms with E-state index in [1.54, 1.807) is 7.11 Å². The van der Waals surface area contributed by atoms with E-state index in [0.29, 0.717) is 18.6 Å². The zero-order valence-corrected chi connectivity index (χ0v) is 11.2. The van der Waals surface area contributed by atoms with E-state index in [4.69, 9.17) is 4.74 Å². The zero-order chi connectivity index (χ0) is 13.0. The first-order valence-electron chi connectivity index (χ1n) is 6.65. The molecule has 0 amide bonds. The van der Waals surface area contributed by atoms with Crippen molar-refractivity contribution in [3.05, 3.63) is 35.4 Å². The first kappa shape index (κ1) is 13.5. The van der Waals surface area contributed by atoms with Gasteiger partial charge in [0.15, 0.2) is 0 Å². The van der Waals surface area contributed by atoms with Gasteiger partial charge in [0.25, 0.3) is 0 Å². The van der Waals surface area contributed by atoms with Crippen LogP contribution in [0.15, 0.2) is 24.3 Å². The van der Waals surface area contributed by atoms with Gasteiger partial charge in [0, 0.05) is 13.2 Å². The molecule has 3 heteroatoms. The molecule has 0 spiro atoms. The Labute approximate surface area is 109 Å². The summed E-state index contributed by atoms with van der Waals surface area (Å²) in [6.07, 6.45) is 2.31. The van der Waals surface area contributed by atoms with Crippen molar-refractivity contribution in [1.82, 2.24) is 5.32 Å². The highest BCUT2D eigenvalue weighted by molar-refractivity contribution is 5.26. The molecule has 1 atom stereocenters. The van der Waals surface area contributed by atoms with E-state index in [0.717, 1.165) is 12.8 Å². The fourth-order valence-corrected chi connectivity index (χ4v) is 2.55. The molecular weight excluding hydrogens is 226 g/mol. The van der Waals surface area contributed by atoms with Gasteiger partial charge in [0.1, 0.15) is 0 Å². The second kappa shape index (κ2) is 6.32. The molecule has 18 heavy (non-hydrogen) atoms. The van der Waals surface area contributed by atoms with Crippen LogP contribution >= 0.6 is 0 Å². The first-order chi connectivity index (χ1) is 8.72. The van der Waals surface area contributed by atoms with E-state index in [1.165, 1.54) is 11.1 Å². The van der Waals surface area contributed by atoms with Crippen LogP contribution in [0.5, 0.6) is 0 Å². The molecule has 0 saturated heterocycles. The fraction of sp³-hybridized carbons (Fsp3) is 0.600. The molecule has 0 aliphatic heterocycles. The minimum atomic E-state index is 0.0685. The van der Waals surface area contributed by atoms with E-state index in [2.05, 4.69) is 36.5 Å². The largest absolute Gasteiger partial charge is 0.395 e. The molecule has 1 unspecified atom stereocenters. The molecule has 2 N–H and O–H groups in total. The number of hydrogen-bond donors (Lipinski definition) is 2. The van der Waals surface area contributed by atoms with Gasteiger partial charge < -0.3 is 15.2 Å². The smallest absolute Gasteiger partial charge is 0.0638 e.